The van der Waals surface area contributed by atoms with Gasteiger partial charge in [0.1, 0.15) is 5.60 Å². The molecule has 2 bridgehead atoms. The summed E-state index contributed by atoms with van der Waals surface area (Å²) in [6, 6.07) is 0.153. The van der Waals surface area contributed by atoms with E-state index in [1.807, 2.05) is 20.8 Å². The fraction of sp³-hybridized carbons (Fsp3) is 0.762. The van der Waals surface area contributed by atoms with Gasteiger partial charge in [0.15, 0.2) is 5.69 Å². The maximum atomic E-state index is 12.9. The van der Waals surface area contributed by atoms with E-state index in [9.17, 15) is 9.59 Å². The monoisotopic (exact) mass is 388 g/mol. The second kappa shape index (κ2) is 7.08. The first-order valence-electron chi connectivity index (χ1n) is 10.6. The van der Waals surface area contributed by atoms with Crippen LogP contribution >= 0.6 is 0 Å². The summed E-state index contributed by atoms with van der Waals surface area (Å²) in [5.41, 5.74) is 1.63. The van der Waals surface area contributed by atoms with E-state index in [1.165, 1.54) is 25.7 Å². The van der Waals surface area contributed by atoms with Crippen LogP contribution in [0.1, 0.15) is 75.1 Å². The minimum absolute atomic E-state index is 0.140. The highest BCUT2D eigenvalue weighted by atomic mass is 16.6. The van der Waals surface area contributed by atoms with Crippen LogP contribution in [0.2, 0.25) is 0 Å². The van der Waals surface area contributed by atoms with Crippen molar-refractivity contribution in [1.29, 1.82) is 0 Å². The lowest BCUT2D eigenvalue weighted by atomic mass is 9.84. The van der Waals surface area contributed by atoms with E-state index in [0.29, 0.717) is 31.1 Å². The van der Waals surface area contributed by atoms with Crippen LogP contribution in [0.15, 0.2) is 0 Å². The number of aromatic amines is 1. The number of H-pyrrole nitrogens is 1. The van der Waals surface area contributed by atoms with Crippen LogP contribution in [0.25, 0.3) is 0 Å². The van der Waals surface area contributed by atoms with Crippen molar-refractivity contribution < 1.29 is 14.3 Å². The third-order valence-corrected chi connectivity index (χ3v) is 6.59. The number of ether oxygens (including phenoxy) is 1. The van der Waals surface area contributed by atoms with E-state index in [2.05, 4.69) is 22.4 Å². The molecule has 7 heteroatoms. The molecule has 2 N–H and O–H groups in total. The van der Waals surface area contributed by atoms with Crippen molar-refractivity contribution in [2.45, 2.75) is 78.0 Å². The molecule has 4 rings (SSSR count). The number of fused-ring (bicyclic) bond motifs is 3. The summed E-state index contributed by atoms with van der Waals surface area (Å²) >= 11 is 0. The molecule has 7 nitrogen and oxygen atoms in total. The smallest absolute Gasteiger partial charge is 0.410 e. The summed E-state index contributed by atoms with van der Waals surface area (Å²) in [5, 5.41) is 10.5. The molecular weight excluding hydrogens is 356 g/mol. The van der Waals surface area contributed by atoms with Gasteiger partial charge in [-0.2, -0.15) is 5.10 Å². The second-order valence-electron chi connectivity index (χ2n) is 9.78. The number of hydrogen-bond donors (Lipinski definition) is 2. The Hall–Kier alpha value is -2.05. The molecule has 2 amide bonds. The zero-order chi connectivity index (χ0) is 20.1. The number of rotatable bonds is 3. The molecule has 0 aromatic carbocycles. The Morgan fingerprint density at radius 1 is 1.29 bits per heavy atom. The molecule has 0 saturated heterocycles. The molecule has 1 aliphatic heterocycles. The molecular formula is C21H32N4O3. The summed E-state index contributed by atoms with van der Waals surface area (Å²) < 4.78 is 5.49. The van der Waals surface area contributed by atoms with E-state index in [4.69, 9.17) is 4.74 Å². The van der Waals surface area contributed by atoms with Gasteiger partial charge in [-0.25, -0.2) is 4.79 Å². The first-order valence-corrected chi connectivity index (χ1v) is 10.6. The predicted octanol–water partition coefficient (Wildman–Crippen LogP) is 3.26. The largest absolute Gasteiger partial charge is 0.444 e. The highest BCUT2D eigenvalue weighted by Crippen LogP contribution is 2.49. The maximum Gasteiger partial charge on any atom is 0.410 e. The molecule has 28 heavy (non-hydrogen) atoms. The number of carbonyl (C=O) groups excluding carboxylic acids is 2. The molecule has 2 aliphatic carbocycles. The molecule has 1 aromatic heterocycles. The molecule has 4 atom stereocenters. The van der Waals surface area contributed by atoms with Crippen LogP contribution in [-0.4, -0.2) is 45.3 Å². The Morgan fingerprint density at radius 2 is 2.07 bits per heavy atom. The lowest BCUT2D eigenvalue weighted by Crippen LogP contribution is -2.42. The average molecular weight is 389 g/mol. The van der Waals surface area contributed by atoms with Crippen molar-refractivity contribution in [3.63, 3.8) is 0 Å². The Balaban J connectivity index is 1.42. The maximum absolute atomic E-state index is 12.9. The van der Waals surface area contributed by atoms with Gasteiger partial charge in [-0.1, -0.05) is 6.42 Å². The Kier molecular flexibility index (Phi) is 4.88. The van der Waals surface area contributed by atoms with Gasteiger partial charge in [-0.3, -0.25) is 9.89 Å². The summed E-state index contributed by atoms with van der Waals surface area (Å²) in [6.07, 6.45) is 5.52. The molecule has 0 radical (unpaired) electrons. The lowest BCUT2D eigenvalue weighted by molar-refractivity contribution is 0.0222. The van der Waals surface area contributed by atoms with E-state index in [-0.39, 0.29) is 18.0 Å². The van der Waals surface area contributed by atoms with Gasteiger partial charge >= 0.3 is 6.09 Å². The van der Waals surface area contributed by atoms with Crippen molar-refractivity contribution in [2.75, 3.05) is 6.54 Å². The third kappa shape index (κ3) is 3.76. The SMILES string of the molecule is CC(NC(=O)c1n[nH]c2c1CN(C(=O)OC(C)(C)C)CC2)C1CC2CCC1C2. The first kappa shape index (κ1) is 19.3. The fourth-order valence-corrected chi connectivity index (χ4v) is 5.25. The molecule has 2 saturated carbocycles. The highest BCUT2D eigenvalue weighted by Gasteiger charge is 2.42. The van der Waals surface area contributed by atoms with Gasteiger partial charge < -0.3 is 15.0 Å². The normalized spacial score (nSPS) is 27.4. The van der Waals surface area contributed by atoms with Crippen LogP contribution in [0.3, 0.4) is 0 Å². The van der Waals surface area contributed by atoms with Crippen LogP contribution in [-0.2, 0) is 17.7 Å². The Labute approximate surface area is 166 Å². The van der Waals surface area contributed by atoms with Crippen molar-refractivity contribution >= 4 is 12.0 Å². The molecule has 3 aliphatic rings. The minimum atomic E-state index is -0.538. The lowest BCUT2D eigenvalue weighted by Gasteiger charge is -2.30. The van der Waals surface area contributed by atoms with Crippen molar-refractivity contribution in [1.82, 2.24) is 20.4 Å². The zero-order valence-corrected chi connectivity index (χ0v) is 17.4. The molecule has 2 heterocycles. The van der Waals surface area contributed by atoms with E-state index in [1.54, 1.807) is 4.90 Å². The molecule has 4 unspecified atom stereocenters. The fourth-order valence-electron chi connectivity index (χ4n) is 5.25. The summed E-state index contributed by atoms with van der Waals surface area (Å²) in [5.74, 6) is 2.06. The van der Waals surface area contributed by atoms with E-state index >= 15 is 0 Å². The van der Waals surface area contributed by atoms with Gasteiger partial charge in [-0.05, 0) is 64.7 Å². The van der Waals surface area contributed by atoms with Crippen LogP contribution in [0.5, 0.6) is 0 Å². The highest BCUT2D eigenvalue weighted by molar-refractivity contribution is 5.94. The van der Waals surface area contributed by atoms with Crippen LogP contribution in [0, 0.1) is 17.8 Å². The van der Waals surface area contributed by atoms with E-state index in [0.717, 1.165) is 23.1 Å². The predicted molar refractivity (Wildman–Crippen MR) is 105 cm³/mol. The summed E-state index contributed by atoms with van der Waals surface area (Å²) in [7, 11) is 0. The number of nitrogens with one attached hydrogen (secondary N) is 2. The van der Waals surface area contributed by atoms with Crippen molar-refractivity contribution in [3.05, 3.63) is 17.0 Å². The van der Waals surface area contributed by atoms with Gasteiger partial charge in [0.25, 0.3) is 5.91 Å². The zero-order valence-electron chi connectivity index (χ0n) is 17.4. The second-order valence-corrected chi connectivity index (χ2v) is 9.78. The van der Waals surface area contributed by atoms with Crippen LogP contribution in [0.4, 0.5) is 4.79 Å². The number of hydrogen-bond acceptors (Lipinski definition) is 4. The minimum Gasteiger partial charge on any atom is -0.444 e. The van der Waals surface area contributed by atoms with Crippen molar-refractivity contribution in [2.24, 2.45) is 17.8 Å². The van der Waals surface area contributed by atoms with E-state index < -0.39 is 5.60 Å². The first-order chi connectivity index (χ1) is 13.2. The summed E-state index contributed by atoms with van der Waals surface area (Å²) in [6.45, 7) is 8.60. The topological polar surface area (TPSA) is 87.3 Å². The van der Waals surface area contributed by atoms with Gasteiger partial charge in [0.05, 0.1) is 6.54 Å². The van der Waals surface area contributed by atoms with Crippen LogP contribution < -0.4 is 5.32 Å². The standard InChI is InChI=1S/C21H32N4O3/c1-12(15-10-13-5-6-14(15)9-13)22-19(26)18-16-11-25(8-7-17(16)23-24-18)20(27)28-21(2,3)4/h12-15H,5-11H2,1-4H3,(H,22,26)(H,23,24). The number of amides is 2. The quantitative estimate of drug-likeness (QED) is 0.832. The molecule has 2 fully saturated rings. The number of aromatic nitrogens is 2. The Bertz CT molecular complexity index is 766. The number of carbonyl (C=O) groups is 2. The van der Waals surface area contributed by atoms with Gasteiger partial charge in [0, 0.05) is 30.3 Å². The molecule has 0 spiro atoms. The summed E-state index contributed by atoms with van der Waals surface area (Å²) in [4.78, 5) is 27.0. The van der Waals surface area contributed by atoms with Gasteiger partial charge in [0.2, 0.25) is 0 Å². The number of nitrogens with zero attached hydrogens (tertiary/aromatic N) is 2. The molecule has 1 aromatic rings. The average Bonchev–Trinajstić information content (AvgIpc) is 3.34. The Morgan fingerprint density at radius 3 is 2.71 bits per heavy atom. The van der Waals surface area contributed by atoms with Gasteiger partial charge in [-0.15, -0.1) is 0 Å². The third-order valence-electron chi connectivity index (χ3n) is 6.59. The van der Waals surface area contributed by atoms with Crippen molar-refractivity contribution in [3.8, 4) is 0 Å². The molecule has 154 valence electrons.